The molecule has 4 rings (SSSR count). The number of carbonyl (C=O) groups is 2. The van der Waals surface area contributed by atoms with Crippen LogP contribution in [0.1, 0.15) is 40.0 Å². The molecule has 2 aromatic carbocycles. The predicted octanol–water partition coefficient (Wildman–Crippen LogP) is 2.00. The summed E-state index contributed by atoms with van der Waals surface area (Å²) in [6.07, 6.45) is 3.00. The first kappa shape index (κ1) is 13.3. The smallest absolute Gasteiger partial charge is 0.260 e. The third-order valence-corrected chi connectivity index (χ3v) is 4.58. The molecule has 0 spiro atoms. The second-order valence-electron chi connectivity index (χ2n) is 5.90. The second-order valence-corrected chi connectivity index (χ2v) is 5.90. The monoisotopic (exact) mass is 295 g/mol. The molecule has 1 atom stereocenters. The molecule has 2 amide bonds. The van der Waals surface area contributed by atoms with Gasteiger partial charge in [-0.25, -0.2) is 0 Å². The standard InChI is InChI=1S/C17H17N3O2/c18-13-6-1-2-9-20(13)12-8-7-10-4-3-5-11-14(10)15(12)17(22)19-16(11)21/h3-5,7-8,13H,1-2,6,9,18H2,(H,19,21,22). The number of nitrogens with one attached hydrogen (secondary N) is 1. The van der Waals surface area contributed by atoms with Gasteiger partial charge in [0.2, 0.25) is 0 Å². The highest BCUT2D eigenvalue weighted by atomic mass is 16.2. The Morgan fingerprint density at radius 1 is 1.09 bits per heavy atom. The van der Waals surface area contributed by atoms with E-state index in [4.69, 9.17) is 5.73 Å². The summed E-state index contributed by atoms with van der Waals surface area (Å²) in [5, 5.41) is 4.09. The van der Waals surface area contributed by atoms with E-state index in [1.807, 2.05) is 24.3 Å². The summed E-state index contributed by atoms with van der Waals surface area (Å²) in [5.74, 6) is -0.662. The lowest BCUT2D eigenvalue weighted by Gasteiger charge is -2.37. The SMILES string of the molecule is NC1CCCCN1c1ccc2cccc3c2c1C(=O)NC3=O. The molecule has 0 radical (unpaired) electrons. The number of carbonyl (C=O) groups excluding carboxylic acids is 2. The van der Waals surface area contributed by atoms with E-state index in [2.05, 4.69) is 10.2 Å². The maximum atomic E-state index is 12.5. The molecule has 2 heterocycles. The van der Waals surface area contributed by atoms with Crippen molar-refractivity contribution < 1.29 is 9.59 Å². The average molecular weight is 295 g/mol. The van der Waals surface area contributed by atoms with E-state index in [9.17, 15) is 9.59 Å². The average Bonchev–Trinajstić information content (AvgIpc) is 2.52. The first-order valence-electron chi connectivity index (χ1n) is 7.60. The van der Waals surface area contributed by atoms with E-state index in [1.165, 1.54) is 0 Å². The molecule has 112 valence electrons. The van der Waals surface area contributed by atoms with E-state index in [0.717, 1.165) is 42.3 Å². The summed E-state index contributed by atoms with van der Waals surface area (Å²) in [5.41, 5.74) is 8.19. The molecule has 22 heavy (non-hydrogen) atoms. The van der Waals surface area contributed by atoms with E-state index in [1.54, 1.807) is 6.07 Å². The molecule has 0 bridgehead atoms. The third-order valence-electron chi connectivity index (χ3n) is 4.58. The van der Waals surface area contributed by atoms with E-state index >= 15 is 0 Å². The van der Waals surface area contributed by atoms with Crippen molar-refractivity contribution >= 4 is 28.3 Å². The van der Waals surface area contributed by atoms with Gasteiger partial charge in [0.1, 0.15) is 0 Å². The van der Waals surface area contributed by atoms with E-state index in [0.29, 0.717) is 11.1 Å². The first-order valence-corrected chi connectivity index (χ1v) is 7.60. The maximum absolute atomic E-state index is 12.5. The molecule has 5 heteroatoms. The van der Waals surface area contributed by atoms with Crippen molar-refractivity contribution in [2.45, 2.75) is 25.4 Å². The Kier molecular flexibility index (Phi) is 2.90. The zero-order valence-electron chi connectivity index (χ0n) is 12.1. The number of benzene rings is 2. The van der Waals surface area contributed by atoms with Gasteiger partial charge >= 0.3 is 0 Å². The van der Waals surface area contributed by atoms with Crippen LogP contribution in [-0.2, 0) is 0 Å². The molecule has 5 nitrogen and oxygen atoms in total. The van der Waals surface area contributed by atoms with Crippen LogP contribution in [0.15, 0.2) is 30.3 Å². The molecular formula is C17H17N3O2. The van der Waals surface area contributed by atoms with Crippen LogP contribution in [0.3, 0.4) is 0 Å². The Balaban J connectivity index is 2.00. The van der Waals surface area contributed by atoms with Gasteiger partial charge in [0, 0.05) is 17.5 Å². The molecular weight excluding hydrogens is 278 g/mol. The van der Waals surface area contributed by atoms with Crippen LogP contribution in [0.4, 0.5) is 5.69 Å². The van der Waals surface area contributed by atoms with Crippen LogP contribution in [0.5, 0.6) is 0 Å². The number of piperidine rings is 1. The Bertz CT molecular complexity index is 800. The molecule has 1 unspecified atom stereocenters. The minimum atomic E-state index is -0.331. The number of hydrogen-bond donors (Lipinski definition) is 2. The summed E-state index contributed by atoms with van der Waals surface area (Å²) in [6, 6.07) is 9.43. The van der Waals surface area contributed by atoms with Gasteiger partial charge in [-0.1, -0.05) is 18.2 Å². The number of anilines is 1. The number of imide groups is 1. The zero-order valence-corrected chi connectivity index (χ0v) is 12.1. The lowest BCUT2D eigenvalue weighted by Crippen LogP contribution is -2.47. The summed E-state index contributed by atoms with van der Waals surface area (Å²) >= 11 is 0. The lowest BCUT2D eigenvalue weighted by atomic mass is 9.92. The number of amides is 2. The summed E-state index contributed by atoms with van der Waals surface area (Å²) in [6.45, 7) is 0.836. The van der Waals surface area contributed by atoms with E-state index < -0.39 is 0 Å². The van der Waals surface area contributed by atoms with Crippen LogP contribution < -0.4 is 16.0 Å². The van der Waals surface area contributed by atoms with Crippen LogP contribution in [0.25, 0.3) is 10.8 Å². The van der Waals surface area contributed by atoms with Gasteiger partial charge in [0.25, 0.3) is 11.8 Å². The molecule has 2 aliphatic heterocycles. The Labute approximate surface area is 128 Å². The van der Waals surface area contributed by atoms with E-state index in [-0.39, 0.29) is 18.0 Å². The molecule has 1 saturated heterocycles. The van der Waals surface area contributed by atoms with Gasteiger partial charge in [-0.2, -0.15) is 0 Å². The van der Waals surface area contributed by atoms with Gasteiger partial charge in [-0.15, -0.1) is 0 Å². The molecule has 1 fully saturated rings. The fourth-order valence-corrected chi connectivity index (χ4v) is 3.52. The van der Waals surface area contributed by atoms with Crippen molar-refractivity contribution in [3.63, 3.8) is 0 Å². The van der Waals surface area contributed by atoms with Crippen molar-refractivity contribution in [3.05, 3.63) is 41.5 Å². The molecule has 2 aliphatic rings. The van der Waals surface area contributed by atoms with Gasteiger partial charge in [0.15, 0.2) is 0 Å². The van der Waals surface area contributed by atoms with Crippen LogP contribution in [0.2, 0.25) is 0 Å². The first-order chi connectivity index (χ1) is 10.7. The van der Waals surface area contributed by atoms with Crippen LogP contribution >= 0.6 is 0 Å². The number of hydrogen-bond acceptors (Lipinski definition) is 4. The molecule has 0 aromatic heterocycles. The summed E-state index contributed by atoms with van der Waals surface area (Å²) in [4.78, 5) is 26.6. The number of nitrogens with two attached hydrogens (primary N) is 1. The Morgan fingerprint density at radius 3 is 2.77 bits per heavy atom. The highest BCUT2D eigenvalue weighted by Crippen LogP contribution is 2.35. The van der Waals surface area contributed by atoms with Crippen LogP contribution in [0, 0.1) is 0 Å². The molecule has 0 saturated carbocycles. The topological polar surface area (TPSA) is 75.4 Å². The predicted molar refractivity (Wildman–Crippen MR) is 84.9 cm³/mol. The lowest BCUT2D eigenvalue weighted by molar-refractivity contribution is 0.0845. The van der Waals surface area contributed by atoms with Crippen molar-refractivity contribution in [2.24, 2.45) is 5.73 Å². The van der Waals surface area contributed by atoms with Gasteiger partial charge in [0.05, 0.1) is 17.4 Å². The summed E-state index contributed by atoms with van der Waals surface area (Å²) in [7, 11) is 0. The third kappa shape index (κ3) is 1.82. The van der Waals surface area contributed by atoms with Crippen molar-refractivity contribution in [2.75, 3.05) is 11.4 Å². The van der Waals surface area contributed by atoms with Crippen LogP contribution in [-0.4, -0.2) is 24.5 Å². The minimum Gasteiger partial charge on any atom is -0.356 e. The zero-order chi connectivity index (χ0) is 15.3. The molecule has 0 aliphatic carbocycles. The van der Waals surface area contributed by atoms with Crippen molar-refractivity contribution in [1.29, 1.82) is 0 Å². The van der Waals surface area contributed by atoms with Crippen molar-refractivity contribution in [3.8, 4) is 0 Å². The normalized spacial score (nSPS) is 21.1. The second kappa shape index (κ2) is 4.81. The summed E-state index contributed by atoms with van der Waals surface area (Å²) < 4.78 is 0. The minimum absolute atomic E-state index is 0.0833. The molecule has 3 N–H and O–H groups in total. The largest absolute Gasteiger partial charge is 0.356 e. The quantitative estimate of drug-likeness (QED) is 0.789. The number of rotatable bonds is 1. The van der Waals surface area contributed by atoms with Gasteiger partial charge < -0.3 is 10.6 Å². The van der Waals surface area contributed by atoms with Crippen molar-refractivity contribution in [1.82, 2.24) is 5.32 Å². The fraction of sp³-hybridized carbons (Fsp3) is 0.294. The Morgan fingerprint density at radius 2 is 1.95 bits per heavy atom. The Hall–Kier alpha value is -2.40. The highest BCUT2D eigenvalue weighted by Gasteiger charge is 2.31. The highest BCUT2D eigenvalue weighted by molar-refractivity contribution is 6.27. The van der Waals surface area contributed by atoms with Gasteiger partial charge in [-0.05, 0) is 36.8 Å². The fourth-order valence-electron chi connectivity index (χ4n) is 3.52. The van der Waals surface area contributed by atoms with Gasteiger partial charge in [-0.3, -0.25) is 14.9 Å². The number of nitrogens with zero attached hydrogens (tertiary/aromatic N) is 1. The molecule has 2 aromatic rings. The maximum Gasteiger partial charge on any atom is 0.260 e.